The van der Waals surface area contributed by atoms with Gasteiger partial charge in [0, 0.05) is 10.2 Å². The summed E-state index contributed by atoms with van der Waals surface area (Å²) >= 11 is 0. The van der Waals surface area contributed by atoms with E-state index in [-0.39, 0.29) is 5.75 Å². The average Bonchev–Trinajstić information content (AvgIpc) is 2.06. The monoisotopic (exact) mass is 256 g/mol. The Bertz CT molecular complexity index is 455. The SMILES string of the molecule is O=S(=O)(Oc1ccccc1[SiH3])C(F)(F)F. The van der Waals surface area contributed by atoms with Crippen LogP contribution in [0.5, 0.6) is 5.75 Å². The molecule has 0 saturated carbocycles. The highest BCUT2D eigenvalue weighted by Crippen LogP contribution is 2.25. The molecule has 0 fully saturated rings. The van der Waals surface area contributed by atoms with Crippen LogP contribution in [0.2, 0.25) is 0 Å². The van der Waals surface area contributed by atoms with Crippen LogP contribution in [0, 0.1) is 0 Å². The first-order valence-corrected chi connectivity index (χ1v) is 6.21. The smallest absolute Gasteiger partial charge is 0.376 e. The summed E-state index contributed by atoms with van der Waals surface area (Å²) in [5.41, 5.74) is -5.39. The van der Waals surface area contributed by atoms with Gasteiger partial charge >= 0.3 is 15.6 Å². The summed E-state index contributed by atoms with van der Waals surface area (Å²) in [6.07, 6.45) is 0. The lowest BCUT2D eigenvalue weighted by molar-refractivity contribution is -0.0499. The van der Waals surface area contributed by atoms with Gasteiger partial charge in [0.25, 0.3) is 0 Å². The van der Waals surface area contributed by atoms with Crippen LogP contribution in [0.1, 0.15) is 0 Å². The third kappa shape index (κ3) is 2.72. The van der Waals surface area contributed by atoms with Gasteiger partial charge in [0.15, 0.2) is 0 Å². The molecular formula is C7H7F3O3SSi. The Morgan fingerprint density at radius 1 is 1.20 bits per heavy atom. The van der Waals surface area contributed by atoms with E-state index in [2.05, 4.69) is 4.18 Å². The van der Waals surface area contributed by atoms with Crippen LogP contribution in [0.25, 0.3) is 0 Å². The second-order valence-corrected chi connectivity index (χ2v) is 5.36. The number of hydrogen-bond donors (Lipinski definition) is 0. The molecule has 0 heterocycles. The zero-order valence-electron chi connectivity index (χ0n) is 7.58. The number of halogens is 3. The largest absolute Gasteiger partial charge is 0.534 e. The number of benzene rings is 1. The molecule has 1 aromatic carbocycles. The molecule has 0 N–H and O–H groups in total. The lowest BCUT2D eigenvalue weighted by atomic mass is 10.3. The van der Waals surface area contributed by atoms with Crippen LogP contribution in [-0.2, 0) is 10.1 Å². The highest BCUT2D eigenvalue weighted by atomic mass is 32.2. The molecule has 15 heavy (non-hydrogen) atoms. The third-order valence-corrected chi connectivity index (χ3v) is 3.37. The quantitative estimate of drug-likeness (QED) is 0.422. The van der Waals surface area contributed by atoms with Crippen molar-refractivity contribution in [3.63, 3.8) is 0 Å². The number of para-hydroxylation sites is 1. The molecular weight excluding hydrogens is 249 g/mol. The van der Waals surface area contributed by atoms with E-state index in [1.54, 1.807) is 6.07 Å². The Kier molecular flexibility index (Phi) is 3.10. The summed E-state index contributed by atoms with van der Waals surface area (Å²) < 4.78 is 61.1. The summed E-state index contributed by atoms with van der Waals surface area (Å²) in [6.45, 7) is 0. The van der Waals surface area contributed by atoms with Crippen molar-refractivity contribution in [2.45, 2.75) is 5.51 Å². The predicted octanol–water partition coefficient (Wildman–Crippen LogP) is -0.0943. The van der Waals surface area contributed by atoms with E-state index in [0.29, 0.717) is 15.4 Å². The minimum atomic E-state index is -5.55. The summed E-state index contributed by atoms with van der Waals surface area (Å²) in [4.78, 5) is 0. The lowest BCUT2D eigenvalue weighted by Crippen LogP contribution is -2.29. The molecule has 8 heteroatoms. The van der Waals surface area contributed by atoms with Crippen LogP contribution >= 0.6 is 0 Å². The minimum absolute atomic E-state index is 0.263. The standard InChI is InChI=1S/C7H7F3O3SSi/c8-7(9,10)14(11,12)13-5-3-1-2-4-6(5)15/h1-4H,15H3. The Balaban J connectivity index is 3.03. The first-order valence-electron chi connectivity index (χ1n) is 3.80. The Morgan fingerprint density at radius 3 is 2.20 bits per heavy atom. The molecule has 0 radical (unpaired) electrons. The van der Waals surface area contributed by atoms with Gasteiger partial charge in [0.1, 0.15) is 5.75 Å². The maximum absolute atomic E-state index is 11.9. The number of hydrogen-bond acceptors (Lipinski definition) is 3. The van der Waals surface area contributed by atoms with Crippen LogP contribution < -0.4 is 9.37 Å². The van der Waals surface area contributed by atoms with E-state index >= 15 is 0 Å². The van der Waals surface area contributed by atoms with Gasteiger partial charge in [-0.3, -0.25) is 0 Å². The maximum atomic E-state index is 11.9. The molecule has 0 aliphatic heterocycles. The lowest BCUT2D eigenvalue weighted by Gasteiger charge is -2.10. The highest BCUT2D eigenvalue weighted by molar-refractivity contribution is 7.88. The van der Waals surface area contributed by atoms with E-state index in [9.17, 15) is 21.6 Å². The van der Waals surface area contributed by atoms with Gasteiger partial charge in [-0.1, -0.05) is 18.2 Å². The van der Waals surface area contributed by atoms with Crippen LogP contribution in [0.15, 0.2) is 24.3 Å². The number of rotatable bonds is 2. The average molecular weight is 256 g/mol. The van der Waals surface area contributed by atoms with Crippen LogP contribution in [0.3, 0.4) is 0 Å². The molecule has 0 amide bonds. The normalized spacial score (nSPS) is 12.7. The van der Waals surface area contributed by atoms with Crippen molar-refractivity contribution >= 4 is 25.5 Å². The van der Waals surface area contributed by atoms with Crippen molar-refractivity contribution in [3.8, 4) is 5.75 Å². The summed E-state index contributed by atoms with van der Waals surface area (Å²) in [5.74, 6) is -0.263. The van der Waals surface area contributed by atoms with Crippen molar-refractivity contribution in [1.29, 1.82) is 0 Å². The molecule has 1 aromatic rings. The van der Waals surface area contributed by atoms with Gasteiger partial charge in [-0.2, -0.15) is 21.6 Å². The van der Waals surface area contributed by atoms with Gasteiger partial charge in [-0.15, -0.1) is 0 Å². The van der Waals surface area contributed by atoms with Crippen molar-refractivity contribution in [1.82, 2.24) is 0 Å². The van der Waals surface area contributed by atoms with Gasteiger partial charge in [-0.05, 0) is 11.3 Å². The van der Waals surface area contributed by atoms with Gasteiger partial charge < -0.3 is 4.18 Å². The fourth-order valence-corrected chi connectivity index (χ4v) is 1.94. The van der Waals surface area contributed by atoms with E-state index in [4.69, 9.17) is 0 Å². The van der Waals surface area contributed by atoms with Gasteiger partial charge in [0.2, 0.25) is 0 Å². The molecule has 0 spiro atoms. The minimum Gasteiger partial charge on any atom is -0.376 e. The van der Waals surface area contributed by atoms with E-state index in [0.717, 1.165) is 0 Å². The van der Waals surface area contributed by atoms with E-state index in [1.165, 1.54) is 18.2 Å². The first kappa shape index (κ1) is 12.0. The molecule has 84 valence electrons. The molecule has 0 aliphatic carbocycles. The Hall–Kier alpha value is -1.02. The first-order chi connectivity index (χ1) is 6.74. The molecule has 1 rings (SSSR count). The maximum Gasteiger partial charge on any atom is 0.534 e. The van der Waals surface area contributed by atoms with Gasteiger partial charge in [0.05, 0.1) is 0 Å². The fourth-order valence-electron chi connectivity index (χ4n) is 0.815. The van der Waals surface area contributed by atoms with Gasteiger partial charge in [-0.25, -0.2) is 0 Å². The van der Waals surface area contributed by atoms with Crippen molar-refractivity contribution in [2.75, 3.05) is 0 Å². The zero-order chi connectivity index (χ0) is 11.7. The fraction of sp³-hybridized carbons (Fsp3) is 0.143. The zero-order valence-corrected chi connectivity index (χ0v) is 10.4. The van der Waals surface area contributed by atoms with E-state index < -0.39 is 15.6 Å². The molecule has 0 bridgehead atoms. The molecule has 0 aromatic heterocycles. The second kappa shape index (κ2) is 3.85. The van der Waals surface area contributed by atoms with E-state index in [1.807, 2.05) is 0 Å². The number of alkyl halides is 3. The van der Waals surface area contributed by atoms with Crippen LogP contribution in [0.4, 0.5) is 13.2 Å². The van der Waals surface area contributed by atoms with Crippen molar-refractivity contribution in [3.05, 3.63) is 24.3 Å². The third-order valence-electron chi connectivity index (χ3n) is 1.58. The summed E-state index contributed by atoms with van der Waals surface area (Å²) in [7, 11) is -5.15. The molecule has 0 aliphatic rings. The van der Waals surface area contributed by atoms with Crippen molar-refractivity contribution < 1.29 is 25.8 Å². The molecule has 0 atom stereocenters. The Morgan fingerprint density at radius 2 is 1.73 bits per heavy atom. The highest BCUT2D eigenvalue weighted by Gasteiger charge is 2.48. The molecule has 0 unspecified atom stereocenters. The van der Waals surface area contributed by atoms with Crippen LogP contribution in [-0.4, -0.2) is 24.2 Å². The second-order valence-electron chi connectivity index (χ2n) is 2.75. The predicted molar refractivity (Wildman–Crippen MR) is 51.6 cm³/mol. The molecule has 3 nitrogen and oxygen atoms in total. The summed E-state index contributed by atoms with van der Waals surface area (Å²) in [6, 6.07) is 5.69. The Labute approximate surface area is 87.4 Å². The molecule has 0 saturated heterocycles. The summed E-state index contributed by atoms with van der Waals surface area (Å²) in [5, 5.41) is 0.449. The topological polar surface area (TPSA) is 43.4 Å². The van der Waals surface area contributed by atoms with Crippen molar-refractivity contribution in [2.24, 2.45) is 0 Å².